The van der Waals surface area contributed by atoms with Gasteiger partial charge in [-0.3, -0.25) is 9.59 Å². The first kappa shape index (κ1) is 11.2. The summed E-state index contributed by atoms with van der Waals surface area (Å²) in [6, 6.07) is -0.448. The van der Waals surface area contributed by atoms with Gasteiger partial charge in [0.15, 0.2) is 5.78 Å². The predicted octanol–water partition coefficient (Wildman–Crippen LogP) is 0.505. The van der Waals surface area contributed by atoms with Crippen molar-refractivity contribution in [3.8, 4) is 0 Å². The van der Waals surface area contributed by atoms with E-state index in [0.717, 1.165) is 6.42 Å². The van der Waals surface area contributed by atoms with E-state index in [1.54, 1.807) is 6.92 Å². The van der Waals surface area contributed by atoms with Crippen LogP contribution in [-0.4, -0.2) is 30.4 Å². The fraction of sp³-hybridized carbons (Fsp3) is 0.800. The standard InChI is InChI=1S/C10H17NO3/c1-4-6(2)10(13)11-9-7(3)14-5-8(9)12/h6-7,9H,4-5H2,1-3H3,(H,11,13)/t6-,7-,9?/m0/s1. The predicted molar refractivity (Wildman–Crippen MR) is 51.8 cm³/mol. The summed E-state index contributed by atoms with van der Waals surface area (Å²) >= 11 is 0. The fourth-order valence-electron chi connectivity index (χ4n) is 1.34. The van der Waals surface area contributed by atoms with E-state index in [9.17, 15) is 9.59 Å². The molecule has 0 bridgehead atoms. The maximum absolute atomic E-state index is 11.5. The van der Waals surface area contributed by atoms with Gasteiger partial charge in [-0.1, -0.05) is 13.8 Å². The minimum Gasteiger partial charge on any atom is -0.368 e. The molecule has 1 fully saturated rings. The van der Waals surface area contributed by atoms with Crippen LogP contribution in [0, 0.1) is 5.92 Å². The monoisotopic (exact) mass is 199 g/mol. The molecule has 0 aromatic carbocycles. The zero-order valence-electron chi connectivity index (χ0n) is 8.87. The maximum atomic E-state index is 11.5. The lowest BCUT2D eigenvalue weighted by molar-refractivity contribution is -0.128. The Morgan fingerprint density at radius 2 is 2.36 bits per heavy atom. The zero-order valence-corrected chi connectivity index (χ0v) is 8.87. The van der Waals surface area contributed by atoms with Gasteiger partial charge in [0.1, 0.15) is 12.6 Å². The topological polar surface area (TPSA) is 55.4 Å². The van der Waals surface area contributed by atoms with Gasteiger partial charge in [0.25, 0.3) is 0 Å². The Hall–Kier alpha value is -0.900. The van der Waals surface area contributed by atoms with Crippen molar-refractivity contribution >= 4 is 11.7 Å². The molecule has 1 saturated heterocycles. The van der Waals surface area contributed by atoms with Crippen LogP contribution in [-0.2, 0) is 14.3 Å². The summed E-state index contributed by atoms with van der Waals surface area (Å²) in [6.07, 6.45) is 0.581. The SMILES string of the molecule is CC[C@H](C)C(=O)NC1C(=O)CO[C@H]1C. The van der Waals surface area contributed by atoms with Gasteiger partial charge in [-0.05, 0) is 13.3 Å². The van der Waals surface area contributed by atoms with Gasteiger partial charge >= 0.3 is 0 Å². The summed E-state index contributed by atoms with van der Waals surface area (Å²) in [5.74, 6) is -0.145. The maximum Gasteiger partial charge on any atom is 0.223 e. The van der Waals surface area contributed by atoms with Crippen molar-refractivity contribution in [1.82, 2.24) is 5.32 Å². The van der Waals surface area contributed by atoms with Crippen LogP contribution < -0.4 is 5.32 Å². The van der Waals surface area contributed by atoms with Crippen molar-refractivity contribution in [2.45, 2.75) is 39.3 Å². The number of amides is 1. The molecule has 0 radical (unpaired) electrons. The van der Waals surface area contributed by atoms with Gasteiger partial charge in [0.05, 0.1) is 6.10 Å². The first-order chi connectivity index (χ1) is 6.56. The van der Waals surface area contributed by atoms with Gasteiger partial charge in [-0.2, -0.15) is 0 Å². The number of nitrogens with one attached hydrogen (secondary N) is 1. The van der Waals surface area contributed by atoms with E-state index in [0.29, 0.717) is 0 Å². The second kappa shape index (κ2) is 4.55. The van der Waals surface area contributed by atoms with Crippen molar-refractivity contribution in [1.29, 1.82) is 0 Å². The van der Waals surface area contributed by atoms with Crippen molar-refractivity contribution < 1.29 is 14.3 Å². The number of carbonyl (C=O) groups excluding carboxylic acids is 2. The third-order valence-electron chi connectivity index (χ3n) is 2.66. The Bertz CT molecular complexity index is 240. The molecule has 0 aliphatic carbocycles. The van der Waals surface area contributed by atoms with Crippen LogP contribution >= 0.6 is 0 Å². The summed E-state index contributed by atoms with van der Waals surface area (Å²) < 4.78 is 5.13. The van der Waals surface area contributed by atoms with Crippen LogP contribution in [0.25, 0.3) is 0 Å². The van der Waals surface area contributed by atoms with Gasteiger partial charge in [0.2, 0.25) is 5.91 Å². The Balaban J connectivity index is 2.51. The van der Waals surface area contributed by atoms with Crippen LogP contribution in [0.15, 0.2) is 0 Å². The van der Waals surface area contributed by atoms with Crippen molar-refractivity contribution in [3.05, 3.63) is 0 Å². The third kappa shape index (κ3) is 2.32. The second-order valence-corrected chi connectivity index (χ2v) is 3.78. The second-order valence-electron chi connectivity index (χ2n) is 3.78. The lowest BCUT2D eigenvalue weighted by Crippen LogP contribution is -2.45. The van der Waals surface area contributed by atoms with E-state index >= 15 is 0 Å². The molecule has 0 aromatic heterocycles. The van der Waals surface area contributed by atoms with Gasteiger partial charge < -0.3 is 10.1 Å². The molecule has 80 valence electrons. The van der Waals surface area contributed by atoms with Crippen molar-refractivity contribution in [3.63, 3.8) is 0 Å². The Kier molecular flexibility index (Phi) is 3.63. The van der Waals surface area contributed by atoms with Crippen LogP contribution in [0.3, 0.4) is 0 Å². The quantitative estimate of drug-likeness (QED) is 0.720. The highest BCUT2D eigenvalue weighted by Gasteiger charge is 2.34. The van der Waals surface area contributed by atoms with E-state index in [2.05, 4.69) is 5.32 Å². The van der Waals surface area contributed by atoms with Crippen molar-refractivity contribution in [2.75, 3.05) is 6.61 Å². The first-order valence-corrected chi connectivity index (χ1v) is 5.01. The largest absolute Gasteiger partial charge is 0.368 e. The number of ketones is 1. The highest BCUT2D eigenvalue weighted by atomic mass is 16.5. The van der Waals surface area contributed by atoms with Crippen LogP contribution in [0.1, 0.15) is 27.2 Å². The molecule has 1 N–H and O–H groups in total. The lowest BCUT2D eigenvalue weighted by Gasteiger charge is -2.17. The van der Waals surface area contributed by atoms with Gasteiger partial charge in [-0.25, -0.2) is 0 Å². The van der Waals surface area contributed by atoms with E-state index in [1.165, 1.54) is 0 Å². The summed E-state index contributed by atoms with van der Waals surface area (Å²) in [4.78, 5) is 22.8. The molecule has 0 aromatic rings. The molecule has 3 atom stereocenters. The molecule has 0 spiro atoms. The number of hydrogen-bond acceptors (Lipinski definition) is 3. The summed E-state index contributed by atoms with van der Waals surface area (Å²) in [7, 11) is 0. The zero-order chi connectivity index (χ0) is 10.7. The normalized spacial score (nSPS) is 28.9. The van der Waals surface area contributed by atoms with Crippen LogP contribution in [0.5, 0.6) is 0 Å². The number of ether oxygens (including phenoxy) is 1. The minimum absolute atomic E-state index is 0.0332. The smallest absolute Gasteiger partial charge is 0.223 e. The minimum atomic E-state index is -0.448. The van der Waals surface area contributed by atoms with Gasteiger partial charge in [-0.15, -0.1) is 0 Å². The fourth-order valence-corrected chi connectivity index (χ4v) is 1.34. The average molecular weight is 199 g/mol. The molecule has 0 saturated carbocycles. The Labute approximate surface area is 84.0 Å². The summed E-state index contributed by atoms with van der Waals surface area (Å²) in [5, 5.41) is 2.72. The third-order valence-corrected chi connectivity index (χ3v) is 2.66. The van der Waals surface area contributed by atoms with E-state index in [-0.39, 0.29) is 30.3 Å². The molecule has 4 nitrogen and oxygen atoms in total. The molecular formula is C10H17NO3. The van der Waals surface area contributed by atoms with Crippen LogP contribution in [0.2, 0.25) is 0 Å². The molecule has 1 aliphatic heterocycles. The molecule has 4 heteroatoms. The number of rotatable bonds is 3. The first-order valence-electron chi connectivity index (χ1n) is 5.01. The van der Waals surface area contributed by atoms with E-state index in [4.69, 9.17) is 4.74 Å². The summed E-state index contributed by atoms with van der Waals surface area (Å²) in [5.41, 5.74) is 0. The molecular weight excluding hydrogens is 182 g/mol. The molecule has 1 rings (SSSR count). The number of hydrogen-bond donors (Lipinski definition) is 1. The summed E-state index contributed by atoms with van der Waals surface area (Å²) in [6.45, 7) is 5.71. The van der Waals surface area contributed by atoms with E-state index < -0.39 is 6.04 Å². The molecule has 1 unspecified atom stereocenters. The number of carbonyl (C=O) groups is 2. The molecule has 1 heterocycles. The molecule has 1 aliphatic rings. The van der Waals surface area contributed by atoms with Crippen LogP contribution in [0.4, 0.5) is 0 Å². The molecule has 14 heavy (non-hydrogen) atoms. The highest BCUT2D eigenvalue weighted by Crippen LogP contribution is 2.11. The molecule has 1 amide bonds. The van der Waals surface area contributed by atoms with E-state index in [1.807, 2.05) is 13.8 Å². The highest BCUT2D eigenvalue weighted by molar-refractivity contribution is 5.92. The number of Topliss-reactive ketones (excluding diaryl/α,β-unsaturated/α-hetero) is 1. The Morgan fingerprint density at radius 1 is 1.71 bits per heavy atom. The Morgan fingerprint density at radius 3 is 2.79 bits per heavy atom. The van der Waals surface area contributed by atoms with Crippen molar-refractivity contribution in [2.24, 2.45) is 5.92 Å². The van der Waals surface area contributed by atoms with Gasteiger partial charge in [0, 0.05) is 5.92 Å². The average Bonchev–Trinajstić information content (AvgIpc) is 2.48. The lowest BCUT2D eigenvalue weighted by atomic mass is 10.1.